The first-order valence-electron chi connectivity index (χ1n) is 11.6. The maximum Gasteiger partial charge on any atom is 0.407 e. The van der Waals surface area contributed by atoms with Crippen LogP contribution in [0.2, 0.25) is 0 Å². The van der Waals surface area contributed by atoms with Gasteiger partial charge in [0.05, 0.1) is 12.0 Å². The maximum atomic E-state index is 12.8. The SMILES string of the molecule is CO[C@H](C)[C@H](NC(=O)[C@H]1CCC[C@H]1NC(=O)OCC1c2ccccc2-c2ccccc21)C(=O)O. The number of benzene rings is 2. The quantitative estimate of drug-likeness (QED) is 0.550. The number of methoxy groups -OCH3 is 1. The molecule has 4 rings (SSSR count). The van der Waals surface area contributed by atoms with E-state index in [1.54, 1.807) is 6.92 Å². The molecule has 2 amide bonds. The molecule has 2 aromatic carbocycles. The molecule has 0 aromatic heterocycles. The molecule has 2 aliphatic carbocycles. The number of amides is 2. The van der Waals surface area contributed by atoms with Crippen LogP contribution in [-0.2, 0) is 19.1 Å². The molecule has 0 bridgehead atoms. The van der Waals surface area contributed by atoms with E-state index in [2.05, 4.69) is 34.9 Å². The van der Waals surface area contributed by atoms with Crippen molar-refractivity contribution in [3.8, 4) is 11.1 Å². The Hall–Kier alpha value is -3.39. The van der Waals surface area contributed by atoms with Gasteiger partial charge < -0.3 is 25.2 Å². The van der Waals surface area contributed by atoms with Gasteiger partial charge in [-0.3, -0.25) is 4.79 Å². The molecular weight excluding hydrogens is 436 g/mol. The second-order valence-corrected chi connectivity index (χ2v) is 8.88. The Morgan fingerprint density at radius 3 is 2.24 bits per heavy atom. The van der Waals surface area contributed by atoms with Gasteiger partial charge in [0.15, 0.2) is 6.04 Å². The van der Waals surface area contributed by atoms with E-state index in [4.69, 9.17) is 9.47 Å². The third-order valence-corrected chi connectivity index (χ3v) is 6.90. The van der Waals surface area contributed by atoms with Crippen LogP contribution >= 0.6 is 0 Å². The molecule has 0 aliphatic heterocycles. The fourth-order valence-electron chi connectivity index (χ4n) is 5.01. The highest BCUT2D eigenvalue weighted by molar-refractivity contribution is 5.86. The highest BCUT2D eigenvalue weighted by Gasteiger charge is 2.37. The monoisotopic (exact) mass is 466 g/mol. The van der Waals surface area contributed by atoms with Gasteiger partial charge in [-0.25, -0.2) is 9.59 Å². The minimum absolute atomic E-state index is 0.0484. The molecular formula is C26H30N2O6. The molecule has 180 valence electrons. The van der Waals surface area contributed by atoms with E-state index in [1.165, 1.54) is 7.11 Å². The molecule has 1 fully saturated rings. The van der Waals surface area contributed by atoms with Crippen LogP contribution in [0.1, 0.15) is 43.2 Å². The summed E-state index contributed by atoms with van der Waals surface area (Å²) >= 11 is 0. The zero-order chi connectivity index (χ0) is 24.2. The van der Waals surface area contributed by atoms with Crippen LogP contribution in [0.4, 0.5) is 4.79 Å². The van der Waals surface area contributed by atoms with Crippen molar-refractivity contribution in [2.24, 2.45) is 5.92 Å². The third kappa shape index (κ3) is 4.77. The molecule has 2 aromatic rings. The number of carboxylic acids is 1. The Morgan fingerprint density at radius 2 is 1.65 bits per heavy atom. The molecule has 3 N–H and O–H groups in total. The minimum atomic E-state index is -1.17. The Morgan fingerprint density at radius 1 is 1.03 bits per heavy atom. The van der Waals surface area contributed by atoms with Gasteiger partial charge in [0.2, 0.25) is 5.91 Å². The van der Waals surface area contributed by atoms with Crippen molar-refractivity contribution >= 4 is 18.0 Å². The minimum Gasteiger partial charge on any atom is -0.480 e. The molecule has 0 unspecified atom stereocenters. The molecule has 0 saturated heterocycles. The fraction of sp³-hybridized carbons (Fsp3) is 0.423. The van der Waals surface area contributed by atoms with Crippen molar-refractivity contribution < 1.29 is 29.0 Å². The van der Waals surface area contributed by atoms with Gasteiger partial charge in [-0.1, -0.05) is 55.0 Å². The van der Waals surface area contributed by atoms with Crippen molar-refractivity contribution in [1.82, 2.24) is 10.6 Å². The summed E-state index contributed by atoms with van der Waals surface area (Å²) < 4.78 is 10.7. The number of carbonyl (C=O) groups excluding carboxylic acids is 2. The Labute approximate surface area is 198 Å². The highest BCUT2D eigenvalue weighted by Crippen LogP contribution is 2.44. The van der Waals surface area contributed by atoms with Crippen molar-refractivity contribution in [1.29, 1.82) is 0 Å². The molecule has 0 radical (unpaired) electrons. The van der Waals surface area contributed by atoms with Gasteiger partial charge in [-0.15, -0.1) is 0 Å². The molecule has 8 nitrogen and oxygen atoms in total. The van der Waals surface area contributed by atoms with Gasteiger partial charge >= 0.3 is 12.1 Å². The van der Waals surface area contributed by atoms with Crippen molar-refractivity contribution in [2.75, 3.05) is 13.7 Å². The normalized spacial score (nSPS) is 20.6. The predicted octanol–water partition coefficient (Wildman–Crippen LogP) is 3.30. The summed E-state index contributed by atoms with van der Waals surface area (Å²) in [6, 6.07) is 14.6. The van der Waals surface area contributed by atoms with Crippen LogP contribution in [0.5, 0.6) is 0 Å². The van der Waals surface area contributed by atoms with Gasteiger partial charge in [0.1, 0.15) is 6.61 Å². The number of hydrogen-bond acceptors (Lipinski definition) is 5. The summed E-state index contributed by atoms with van der Waals surface area (Å²) in [7, 11) is 1.39. The van der Waals surface area contributed by atoms with Crippen LogP contribution in [0.3, 0.4) is 0 Å². The van der Waals surface area contributed by atoms with Gasteiger partial charge in [-0.05, 0) is 42.0 Å². The average molecular weight is 467 g/mol. The number of carboxylic acid groups (broad SMARTS) is 1. The summed E-state index contributed by atoms with van der Waals surface area (Å²) in [5, 5.41) is 14.8. The smallest absolute Gasteiger partial charge is 0.407 e. The number of hydrogen-bond donors (Lipinski definition) is 3. The first-order valence-corrected chi connectivity index (χ1v) is 11.6. The van der Waals surface area contributed by atoms with Crippen LogP contribution in [-0.4, -0.2) is 55.0 Å². The fourth-order valence-corrected chi connectivity index (χ4v) is 5.01. The molecule has 0 heterocycles. The zero-order valence-electron chi connectivity index (χ0n) is 19.3. The van der Waals surface area contributed by atoms with E-state index in [9.17, 15) is 19.5 Å². The zero-order valence-corrected chi connectivity index (χ0v) is 19.3. The third-order valence-electron chi connectivity index (χ3n) is 6.90. The van der Waals surface area contributed by atoms with Crippen LogP contribution in [0.25, 0.3) is 11.1 Å². The number of fused-ring (bicyclic) bond motifs is 3. The standard InChI is InChI=1S/C26H30N2O6/c1-15(33-2)23(25(30)31)28-24(29)20-12-7-13-22(20)27-26(32)34-14-21-18-10-5-3-8-16(18)17-9-4-6-11-19(17)21/h3-6,8-11,15,20-23H,7,12-14H2,1-2H3,(H,27,32)(H,28,29)(H,30,31)/t15-,20+,22-,23+/m1/s1. The second-order valence-electron chi connectivity index (χ2n) is 8.88. The molecule has 34 heavy (non-hydrogen) atoms. The van der Waals surface area contributed by atoms with Gasteiger partial charge in [0.25, 0.3) is 0 Å². The van der Waals surface area contributed by atoms with E-state index >= 15 is 0 Å². The summed E-state index contributed by atoms with van der Waals surface area (Å²) in [6.45, 7) is 1.77. The lowest BCUT2D eigenvalue weighted by atomic mass is 9.98. The van der Waals surface area contributed by atoms with Crippen molar-refractivity contribution in [3.63, 3.8) is 0 Å². The second kappa shape index (κ2) is 10.3. The summed E-state index contributed by atoms with van der Waals surface area (Å²) in [5.41, 5.74) is 4.55. The topological polar surface area (TPSA) is 114 Å². The van der Waals surface area contributed by atoms with E-state index in [0.29, 0.717) is 12.8 Å². The van der Waals surface area contributed by atoms with E-state index in [1.807, 2.05) is 24.3 Å². The Balaban J connectivity index is 1.37. The summed E-state index contributed by atoms with van der Waals surface area (Å²) in [6.07, 6.45) is 0.681. The molecule has 2 aliphatic rings. The lowest BCUT2D eigenvalue weighted by Gasteiger charge is -2.25. The summed E-state index contributed by atoms with van der Waals surface area (Å²) in [4.78, 5) is 37.0. The van der Waals surface area contributed by atoms with Crippen molar-refractivity contribution in [2.45, 2.75) is 50.3 Å². The average Bonchev–Trinajstić information content (AvgIpc) is 3.43. The molecule has 4 atom stereocenters. The highest BCUT2D eigenvalue weighted by atomic mass is 16.5. The lowest BCUT2D eigenvalue weighted by Crippen LogP contribution is -2.52. The number of ether oxygens (including phenoxy) is 2. The van der Waals surface area contributed by atoms with Crippen molar-refractivity contribution in [3.05, 3.63) is 59.7 Å². The van der Waals surface area contributed by atoms with E-state index < -0.39 is 42.1 Å². The van der Waals surface area contributed by atoms with Crippen LogP contribution in [0, 0.1) is 5.92 Å². The molecule has 8 heteroatoms. The number of alkyl carbamates (subject to hydrolysis) is 1. The van der Waals surface area contributed by atoms with Gasteiger partial charge in [0, 0.05) is 19.1 Å². The van der Waals surface area contributed by atoms with Crippen LogP contribution < -0.4 is 10.6 Å². The number of rotatable bonds is 8. The predicted molar refractivity (Wildman–Crippen MR) is 125 cm³/mol. The Kier molecular flexibility index (Phi) is 7.17. The van der Waals surface area contributed by atoms with E-state index in [-0.39, 0.29) is 12.5 Å². The van der Waals surface area contributed by atoms with Crippen LogP contribution in [0.15, 0.2) is 48.5 Å². The number of carbonyl (C=O) groups is 3. The Bertz CT molecular complexity index is 1030. The number of nitrogens with one attached hydrogen (secondary N) is 2. The first-order chi connectivity index (χ1) is 16.4. The van der Waals surface area contributed by atoms with E-state index in [0.717, 1.165) is 28.7 Å². The number of aliphatic carboxylic acids is 1. The lowest BCUT2D eigenvalue weighted by molar-refractivity contribution is -0.146. The van der Waals surface area contributed by atoms with Gasteiger partial charge in [-0.2, -0.15) is 0 Å². The first kappa shape index (κ1) is 23.8. The molecule has 1 saturated carbocycles. The molecule has 0 spiro atoms. The maximum absolute atomic E-state index is 12.8. The summed E-state index contributed by atoms with van der Waals surface area (Å²) in [5.74, 6) is -2.14. The largest absolute Gasteiger partial charge is 0.480 e.